The van der Waals surface area contributed by atoms with Crippen molar-refractivity contribution in [2.45, 2.75) is 12.1 Å². The van der Waals surface area contributed by atoms with Gasteiger partial charge in [-0.25, -0.2) is 0 Å². The van der Waals surface area contributed by atoms with Gasteiger partial charge in [0.05, 0.1) is 17.0 Å². The third-order valence-corrected chi connectivity index (χ3v) is 11.7. The van der Waals surface area contributed by atoms with Gasteiger partial charge in [-0.1, -0.05) is 109 Å². The van der Waals surface area contributed by atoms with Crippen molar-refractivity contribution in [2.24, 2.45) is 0 Å². The van der Waals surface area contributed by atoms with Crippen LogP contribution in [0.15, 0.2) is 192 Å². The number of furan rings is 1. The van der Waals surface area contributed by atoms with Gasteiger partial charge in [0.15, 0.2) is 0 Å². The molecule has 12 rings (SSSR count). The minimum absolute atomic E-state index is 0.00255. The summed E-state index contributed by atoms with van der Waals surface area (Å²) < 4.78 is 8.73. The van der Waals surface area contributed by atoms with Crippen LogP contribution in [0.1, 0.15) is 17.0 Å². The molecule has 2 unspecified atom stereocenters. The first-order valence-corrected chi connectivity index (χ1v) is 18.7. The van der Waals surface area contributed by atoms with E-state index in [9.17, 15) is 0 Å². The van der Waals surface area contributed by atoms with E-state index in [2.05, 4.69) is 196 Å². The van der Waals surface area contributed by atoms with Crippen LogP contribution >= 0.6 is 0 Å². The van der Waals surface area contributed by atoms with Gasteiger partial charge in [0.25, 0.3) is 0 Å². The number of benzene rings is 8. The topological polar surface area (TPSA) is 24.6 Å². The molecule has 4 heteroatoms. The Morgan fingerprint density at radius 2 is 1.04 bits per heavy atom. The summed E-state index contributed by atoms with van der Waals surface area (Å²) in [5.41, 5.74) is 15.3. The van der Waals surface area contributed by atoms with Gasteiger partial charge < -0.3 is 18.8 Å². The van der Waals surface area contributed by atoms with E-state index in [1.54, 1.807) is 0 Å². The van der Waals surface area contributed by atoms with Crippen LogP contribution in [0.2, 0.25) is 0 Å². The first kappa shape index (κ1) is 29.5. The molecule has 2 aliphatic heterocycles. The third-order valence-electron chi connectivity index (χ3n) is 11.7. The predicted octanol–water partition coefficient (Wildman–Crippen LogP) is 13.1. The van der Waals surface area contributed by atoms with Gasteiger partial charge in [0, 0.05) is 50.0 Å². The van der Waals surface area contributed by atoms with Gasteiger partial charge in [-0.3, -0.25) is 0 Å². The number of hydrogen-bond acceptors (Lipinski definition) is 3. The van der Waals surface area contributed by atoms with E-state index in [0.717, 1.165) is 27.6 Å². The van der Waals surface area contributed by atoms with Gasteiger partial charge in [-0.2, -0.15) is 0 Å². The molecule has 254 valence electrons. The Morgan fingerprint density at radius 3 is 1.93 bits per heavy atom. The summed E-state index contributed by atoms with van der Waals surface area (Å²) in [4.78, 5) is 5.11. The smallest absolute Gasteiger partial charge is 0.135 e. The van der Waals surface area contributed by atoms with Gasteiger partial charge in [0.2, 0.25) is 0 Å². The molecule has 54 heavy (non-hydrogen) atoms. The molecular formula is C50H33N3O. The largest absolute Gasteiger partial charge is 0.456 e. The van der Waals surface area contributed by atoms with Gasteiger partial charge >= 0.3 is 0 Å². The molecule has 0 fully saturated rings. The predicted molar refractivity (Wildman–Crippen MR) is 223 cm³/mol. The molecule has 2 aromatic heterocycles. The maximum atomic E-state index is 6.27. The molecule has 0 bridgehead atoms. The molecule has 0 saturated carbocycles. The Balaban J connectivity index is 1.07. The Morgan fingerprint density at radius 1 is 0.370 bits per heavy atom. The molecule has 10 aromatic rings. The minimum Gasteiger partial charge on any atom is -0.456 e. The number of nitrogens with zero attached hydrogens (tertiary/aromatic N) is 3. The Bertz CT molecular complexity index is 3090. The average Bonchev–Trinajstić information content (AvgIpc) is 3.97. The fraction of sp³-hybridized carbons (Fsp3) is 0.0400. The highest BCUT2D eigenvalue weighted by atomic mass is 16.3. The highest BCUT2D eigenvalue weighted by Gasteiger charge is 2.50. The molecule has 0 aliphatic carbocycles. The first-order valence-electron chi connectivity index (χ1n) is 18.7. The van der Waals surface area contributed by atoms with Crippen molar-refractivity contribution < 1.29 is 4.42 Å². The van der Waals surface area contributed by atoms with Crippen LogP contribution in [0.4, 0.5) is 22.7 Å². The zero-order valence-corrected chi connectivity index (χ0v) is 29.3. The number of rotatable bonds is 4. The standard InChI is InChI=1S/C50H33N3O/c1-3-13-32(14-4-1)33-23-26-45-40(29-33)37-17-7-10-20-43(37)51(45)35-24-27-46-42(31-35)49-39-19-8-11-21-44(39)53(50(49)52(46)34-15-5-2-6-16-34)36-25-28-48-41(30-36)38-18-9-12-22-47(38)54-48/h1-31,49-50H. The normalized spacial score (nSPS) is 16.1. The van der Waals surface area contributed by atoms with Crippen LogP contribution in [0.3, 0.4) is 0 Å². The molecule has 0 spiro atoms. The number of aromatic nitrogens is 1. The van der Waals surface area contributed by atoms with E-state index in [-0.39, 0.29) is 12.1 Å². The summed E-state index contributed by atoms with van der Waals surface area (Å²) in [6.45, 7) is 0. The summed E-state index contributed by atoms with van der Waals surface area (Å²) in [6, 6.07) is 68.4. The Labute approximate surface area is 312 Å². The van der Waals surface area contributed by atoms with Crippen molar-refractivity contribution in [3.8, 4) is 16.8 Å². The quantitative estimate of drug-likeness (QED) is 0.184. The number of para-hydroxylation sites is 4. The fourth-order valence-electron chi connectivity index (χ4n) is 9.40. The van der Waals surface area contributed by atoms with E-state index < -0.39 is 0 Å². The minimum atomic E-state index is -0.00255. The molecule has 2 atom stereocenters. The van der Waals surface area contributed by atoms with E-state index >= 15 is 0 Å². The second kappa shape index (κ2) is 11.2. The molecule has 4 heterocycles. The van der Waals surface area contributed by atoms with Crippen molar-refractivity contribution in [3.05, 3.63) is 199 Å². The van der Waals surface area contributed by atoms with Crippen LogP contribution in [-0.2, 0) is 0 Å². The van der Waals surface area contributed by atoms with Crippen LogP contribution in [-0.4, -0.2) is 10.7 Å². The molecule has 0 N–H and O–H groups in total. The summed E-state index contributed by atoms with van der Waals surface area (Å²) in [6.07, 6.45) is -0.00255. The van der Waals surface area contributed by atoms with Gasteiger partial charge in [0.1, 0.15) is 17.3 Å². The summed E-state index contributed by atoms with van der Waals surface area (Å²) in [5.74, 6) is 0.117. The van der Waals surface area contributed by atoms with E-state index in [0.29, 0.717) is 0 Å². The van der Waals surface area contributed by atoms with E-state index in [1.807, 2.05) is 6.07 Å². The van der Waals surface area contributed by atoms with E-state index in [1.165, 1.54) is 66.8 Å². The van der Waals surface area contributed by atoms with Gasteiger partial charge in [-0.15, -0.1) is 0 Å². The van der Waals surface area contributed by atoms with E-state index in [4.69, 9.17) is 4.42 Å². The molecule has 0 amide bonds. The number of hydrogen-bond donors (Lipinski definition) is 0. The SMILES string of the molecule is c1ccc(-c2ccc3c(c2)c2ccccc2n3-c2ccc3c(c2)C2c4ccccc4N(c4ccc5oc6ccccc6c5c4)C2N3c2ccccc2)cc1. The third kappa shape index (κ3) is 4.13. The summed E-state index contributed by atoms with van der Waals surface area (Å²) in [7, 11) is 0. The molecule has 0 saturated heterocycles. The highest BCUT2D eigenvalue weighted by Crippen LogP contribution is 2.58. The lowest BCUT2D eigenvalue weighted by atomic mass is 9.93. The van der Waals surface area contributed by atoms with Crippen molar-refractivity contribution >= 4 is 66.5 Å². The summed E-state index contributed by atoms with van der Waals surface area (Å²) >= 11 is 0. The molecule has 8 aromatic carbocycles. The Hall–Kier alpha value is -7.04. The van der Waals surface area contributed by atoms with Gasteiger partial charge in [-0.05, 0) is 101 Å². The number of anilines is 4. The number of fused-ring (bicyclic) bond motifs is 11. The monoisotopic (exact) mass is 691 g/mol. The van der Waals surface area contributed by atoms with Crippen molar-refractivity contribution in [1.82, 2.24) is 4.57 Å². The fourth-order valence-corrected chi connectivity index (χ4v) is 9.40. The Kier molecular flexibility index (Phi) is 6.14. The maximum absolute atomic E-state index is 6.27. The highest BCUT2D eigenvalue weighted by molar-refractivity contribution is 6.11. The summed E-state index contributed by atoms with van der Waals surface area (Å²) in [5, 5.41) is 4.79. The van der Waals surface area contributed by atoms with Crippen molar-refractivity contribution in [1.29, 1.82) is 0 Å². The second-order valence-corrected chi connectivity index (χ2v) is 14.5. The second-order valence-electron chi connectivity index (χ2n) is 14.5. The van der Waals surface area contributed by atoms with Crippen LogP contribution in [0, 0.1) is 0 Å². The average molecular weight is 692 g/mol. The first-order chi connectivity index (χ1) is 26.8. The zero-order chi connectivity index (χ0) is 35.3. The zero-order valence-electron chi connectivity index (χ0n) is 29.3. The maximum Gasteiger partial charge on any atom is 0.135 e. The molecular weight excluding hydrogens is 659 g/mol. The lowest BCUT2D eigenvalue weighted by Crippen LogP contribution is -2.40. The molecule has 2 aliphatic rings. The molecule has 4 nitrogen and oxygen atoms in total. The lowest BCUT2D eigenvalue weighted by molar-refractivity contribution is 0.665. The molecule has 0 radical (unpaired) electrons. The van der Waals surface area contributed by atoms with Crippen molar-refractivity contribution in [3.63, 3.8) is 0 Å². The van der Waals surface area contributed by atoms with Crippen molar-refractivity contribution in [2.75, 3.05) is 9.80 Å². The van der Waals surface area contributed by atoms with Crippen LogP contribution in [0.25, 0.3) is 60.6 Å². The van der Waals surface area contributed by atoms with Crippen LogP contribution < -0.4 is 9.80 Å². The lowest BCUT2D eigenvalue weighted by Gasteiger charge is -2.36. The van der Waals surface area contributed by atoms with Crippen LogP contribution in [0.5, 0.6) is 0 Å².